The van der Waals surface area contributed by atoms with Gasteiger partial charge in [0.15, 0.2) is 0 Å². The molecule has 0 unspecified atom stereocenters. The predicted octanol–water partition coefficient (Wildman–Crippen LogP) is 5.40. The molecule has 0 fully saturated rings. The van der Waals surface area contributed by atoms with Crippen molar-refractivity contribution < 1.29 is 12.8 Å². The van der Waals surface area contributed by atoms with Crippen molar-refractivity contribution in [1.82, 2.24) is 4.98 Å². The molecule has 0 bridgehead atoms. The minimum Gasteiger partial charge on any atom is -0.419 e. The standard InChI is InChI=1S/C24H22N2O3S/c1-17-10-6-8-12-19(17)16-25-23-24(30(27,28)20-13-4-3-5-14-20)26-22(29-23)21-15-9-7-11-18(21)2/h3-15,25H,16H2,1-2H3. The van der Waals surface area contributed by atoms with Crippen LogP contribution in [0.15, 0.2) is 93.2 Å². The smallest absolute Gasteiger partial charge is 0.234 e. The monoisotopic (exact) mass is 418 g/mol. The minimum atomic E-state index is -3.85. The normalized spacial score (nSPS) is 11.4. The number of hydrogen-bond acceptors (Lipinski definition) is 5. The van der Waals surface area contributed by atoms with Crippen LogP contribution in [0.1, 0.15) is 16.7 Å². The van der Waals surface area contributed by atoms with E-state index in [0.717, 1.165) is 22.3 Å². The molecule has 152 valence electrons. The first-order valence-electron chi connectivity index (χ1n) is 9.62. The molecule has 6 heteroatoms. The number of aryl methyl sites for hydroxylation is 2. The van der Waals surface area contributed by atoms with E-state index in [1.807, 2.05) is 62.4 Å². The highest BCUT2D eigenvalue weighted by atomic mass is 32.2. The second-order valence-corrected chi connectivity index (χ2v) is 8.93. The predicted molar refractivity (Wildman–Crippen MR) is 117 cm³/mol. The molecule has 4 rings (SSSR count). The molecular weight excluding hydrogens is 396 g/mol. The van der Waals surface area contributed by atoms with Crippen molar-refractivity contribution >= 4 is 15.7 Å². The maximum atomic E-state index is 13.3. The molecule has 0 aliphatic rings. The molecule has 1 aromatic heterocycles. The third-order valence-corrected chi connectivity index (χ3v) is 6.66. The van der Waals surface area contributed by atoms with Crippen LogP contribution in [0, 0.1) is 13.8 Å². The Hall–Kier alpha value is -3.38. The first kappa shape index (κ1) is 19.9. The number of nitrogens with zero attached hydrogens (tertiary/aromatic N) is 1. The van der Waals surface area contributed by atoms with Gasteiger partial charge in [-0.05, 0) is 48.7 Å². The Labute approximate surface area is 176 Å². The van der Waals surface area contributed by atoms with Crippen LogP contribution >= 0.6 is 0 Å². The van der Waals surface area contributed by atoms with E-state index in [-0.39, 0.29) is 21.7 Å². The average molecular weight is 419 g/mol. The van der Waals surface area contributed by atoms with Gasteiger partial charge in [0.25, 0.3) is 0 Å². The van der Waals surface area contributed by atoms with Crippen LogP contribution < -0.4 is 5.32 Å². The Kier molecular flexibility index (Phi) is 5.42. The lowest BCUT2D eigenvalue weighted by molar-refractivity contribution is 0.576. The fourth-order valence-electron chi connectivity index (χ4n) is 3.22. The molecule has 0 saturated carbocycles. The SMILES string of the molecule is Cc1ccccc1CNc1oc(-c2ccccc2C)nc1S(=O)(=O)c1ccccc1. The van der Waals surface area contributed by atoms with Gasteiger partial charge in [-0.3, -0.25) is 0 Å². The third kappa shape index (κ3) is 3.86. The first-order chi connectivity index (χ1) is 14.5. The lowest BCUT2D eigenvalue weighted by atomic mass is 10.1. The van der Waals surface area contributed by atoms with Gasteiger partial charge in [-0.1, -0.05) is 60.7 Å². The lowest BCUT2D eigenvalue weighted by Gasteiger charge is -2.08. The zero-order chi connectivity index (χ0) is 21.1. The summed E-state index contributed by atoms with van der Waals surface area (Å²) in [6.45, 7) is 4.37. The summed E-state index contributed by atoms with van der Waals surface area (Å²) in [7, 11) is -3.85. The van der Waals surface area contributed by atoms with Gasteiger partial charge >= 0.3 is 0 Å². The van der Waals surface area contributed by atoms with E-state index in [1.54, 1.807) is 30.3 Å². The van der Waals surface area contributed by atoms with Crippen LogP contribution in [-0.2, 0) is 16.4 Å². The van der Waals surface area contributed by atoms with Gasteiger partial charge in [0.05, 0.1) is 4.90 Å². The van der Waals surface area contributed by atoms with Crippen molar-refractivity contribution in [3.05, 3.63) is 95.6 Å². The Bertz CT molecular complexity index is 1280. The van der Waals surface area contributed by atoms with Gasteiger partial charge in [-0.2, -0.15) is 4.98 Å². The van der Waals surface area contributed by atoms with E-state index < -0.39 is 9.84 Å². The first-order valence-corrected chi connectivity index (χ1v) is 11.1. The number of oxazole rings is 1. The summed E-state index contributed by atoms with van der Waals surface area (Å²) in [5.41, 5.74) is 3.87. The van der Waals surface area contributed by atoms with Crippen LogP contribution in [0.3, 0.4) is 0 Å². The van der Waals surface area contributed by atoms with Crippen LogP contribution in [-0.4, -0.2) is 13.4 Å². The Balaban J connectivity index is 1.79. The molecule has 0 atom stereocenters. The molecule has 0 amide bonds. The molecule has 0 spiro atoms. The lowest BCUT2D eigenvalue weighted by Crippen LogP contribution is -2.08. The van der Waals surface area contributed by atoms with Crippen LogP contribution in [0.25, 0.3) is 11.5 Å². The molecular formula is C24H22N2O3S. The van der Waals surface area contributed by atoms with Crippen molar-refractivity contribution in [1.29, 1.82) is 0 Å². The zero-order valence-corrected chi connectivity index (χ0v) is 17.6. The maximum Gasteiger partial charge on any atom is 0.234 e. The second-order valence-electron chi connectivity index (χ2n) is 7.06. The second kappa shape index (κ2) is 8.16. The highest BCUT2D eigenvalue weighted by molar-refractivity contribution is 7.91. The van der Waals surface area contributed by atoms with Gasteiger partial charge in [0, 0.05) is 12.1 Å². The van der Waals surface area contributed by atoms with Crippen LogP contribution in [0.2, 0.25) is 0 Å². The fraction of sp³-hybridized carbons (Fsp3) is 0.125. The van der Waals surface area contributed by atoms with Gasteiger partial charge in [-0.25, -0.2) is 8.42 Å². The van der Waals surface area contributed by atoms with E-state index in [1.165, 1.54) is 0 Å². The van der Waals surface area contributed by atoms with E-state index in [0.29, 0.717) is 6.54 Å². The van der Waals surface area contributed by atoms with Crippen molar-refractivity contribution in [3.63, 3.8) is 0 Å². The molecule has 0 radical (unpaired) electrons. The average Bonchev–Trinajstić information content (AvgIpc) is 3.19. The number of hydrogen-bond donors (Lipinski definition) is 1. The summed E-state index contributed by atoms with van der Waals surface area (Å²) in [6.07, 6.45) is 0. The molecule has 1 heterocycles. The number of rotatable bonds is 6. The van der Waals surface area contributed by atoms with Crippen molar-refractivity contribution in [2.75, 3.05) is 5.32 Å². The molecule has 30 heavy (non-hydrogen) atoms. The van der Waals surface area contributed by atoms with Gasteiger partial charge < -0.3 is 9.73 Å². The molecule has 4 aromatic rings. The van der Waals surface area contributed by atoms with E-state index in [2.05, 4.69) is 10.3 Å². The highest BCUT2D eigenvalue weighted by Gasteiger charge is 2.28. The number of aromatic nitrogens is 1. The molecule has 0 aliphatic heterocycles. The largest absolute Gasteiger partial charge is 0.419 e. The van der Waals surface area contributed by atoms with E-state index in [9.17, 15) is 8.42 Å². The summed E-state index contributed by atoms with van der Waals surface area (Å²) in [4.78, 5) is 4.58. The molecule has 0 aliphatic carbocycles. The quantitative estimate of drug-likeness (QED) is 0.454. The zero-order valence-electron chi connectivity index (χ0n) is 16.8. The minimum absolute atomic E-state index is 0.111. The molecule has 5 nitrogen and oxygen atoms in total. The van der Waals surface area contributed by atoms with Crippen molar-refractivity contribution in [2.24, 2.45) is 0 Å². The number of sulfone groups is 1. The summed E-state index contributed by atoms with van der Waals surface area (Å²) in [5, 5.41) is 3.04. The Morgan fingerprint density at radius 1 is 0.833 bits per heavy atom. The topological polar surface area (TPSA) is 72.2 Å². The van der Waals surface area contributed by atoms with E-state index >= 15 is 0 Å². The number of nitrogens with one attached hydrogen (secondary N) is 1. The van der Waals surface area contributed by atoms with Crippen LogP contribution in [0.4, 0.5) is 5.88 Å². The molecule has 0 saturated heterocycles. The highest BCUT2D eigenvalue weighted by Crippen LogP contribution is 2.33. The van der Waals surface area contributed by atoms with Gasteiger partial charge in [-0.15, -0.1) is 0 Å². The summed E-state index contributed by atoms with van der Waals surface area (Å²) in [6, 6.07) is 23.8. The van der Waals surface area contributed by atoms with Crippen LogP contribution in [0.5, 0.6) is 0 Å². The van der Waals surface area contributed by atoms with Gasteiger partial charge in [0.2, 0.25) is 26.6 Å². The van der Waals surface area contributed by atoms with Crippen molar-refractivity contribution in [2.45, 2.75) is 30.3 Å². The Morgan fingerprint density at radius 3 is 2.17 bits per heavy atom. The van der Waals surface area contributed by atoms with Crippen molar-refractivity contribution in [3.8, 4) is 11.5 Å². The Morgan fingerprint density at radius 2 is 1.47 bits per heavy atom. The summed E-state index contributed by atoms with van der Waals surface area (Å²) in [5.74, 6) is 0.412. The number of anilines is 1. The summed E-state index contributed by atoms with van der Waals surface area (Å²) >= 11 is 0. The molecule has 1 N–H and O–H groups in total. The van der Waals surface area contributed by atoms with E-state index in [4.69, 9.17) is 4.42 Å². The molecule has 3 aromatic carbocycles. The number of benzene rings is 3. The summed E-state index contributed by atoms with van der Waals surface area (Å²) < 4.78 is 32.5. The fourth-order valence-corrected chi connectivity index (χ4v) is 4.52. The maximum absolute atomic E-state index is 13.3. The van der Waals surface area contributed by atoms with Gasteiger partial charge in [0.1, 0.15) is 0 Å². The third-order valence-electron chi connectivity index (χ3n) is 4.98.